The summed E-state index contributed by atoms with van der Waals surface area (Å²) in [4.78, 5) is 143. The molecule has 0 aliphatic carbocycles. The molecule has 0 saturated heterocycles. The predicted molar refractivity (Wildman–Crippen MR) is 151 cm³/mol. The van der Waals surface area contributed by atoms with Crippen LogP contribution in [0.15, 0.2) is 15.8 Å². The van der Waals surface area contributed by atoms with Crippen LogP contribution >= 0.6 is 0 Å². The Labute approximate surface area is 275 Å². The van der Waals surface area contributed by atoms with Crippen LogP contribution in [0, 0.1) is 5.82 Å². The number of esters is 1. The molecule has 0 radical (unpaired) electrons. The first-order chi connectivity index (χ1) is 23.2. The Bertz CT molecular complexity index is 1650. The lowest BCUT2D eigenvalue weighted by Gasteiger charge is -2.24. The molecule has 25 heteroatoms. The number of rotatable bonds is 21. The molecular weight excluding hydrogens is 691 g/mol. The summed E-state index contributed by atoms with van der Waals surface area (Å²) in [6.07, 6.45) is -5.94. The van der Waals surface area contributed by atoms with Gasteiger partial charge in [0.15, 0.2) is 6.73 Å². The van der Waals surface area contributed by atoms with Gasteiger partial charge in [0.1, 0.15) is 24.2 Å². The van der Waals surface area contributed by atoms with Gasteiger partial charge in [-0.05, 0) is 0 Å². The molecule has 274 valence electrons. The number of hydrogen-bond acceptors (Lipinski definition) is 13. The number of nitrogens with zero attached hydrogens (tertiary/aromatic N) is 1. The summed E-state index contributed by atoms with van der Waals surface area (Å²) in [5.41, 5.74) is -2.47. The predicted octanol–water partition coefficient (Wildman–Crippen LogP) is -5.12. The van der Waals surface area contributed by atoms with Crippen LogP contribution in [-0.4, -0.2) is 119 Å². The number of carboxylic acid groups (broad SMARTS) is 5. The van der Waals surface area contributed by atoms with Gasteiger partial charge in [0.05, 0.1) is 38.3 Å². The maximum absolute atomic E-state index is 13.3. The molecule has 0 bridgehead atoms. The Morgan fingerprint density at radius 1 is 0.660 bits per heavy atom. The van der Waals surface area contributed by atoms with E-state index in [1.165, 1.54) is 0 Å². The number of hydrogen-bond donors (Lipinski definition) is 10. The minimum atomic E-state index is -2.18. The fourth-order valence-electron chi connectivity index (χ4n) is 3.62. The van der Waals surface area contributed by atoms with Gasteiger partial charge < -0.3 is 51.5 Å². The molecule has 1 aromatic rings. The topological polar surface area (TPSA) is 384 Å². The highest BCUT2D eigenvalue weighted by Gasteiger charge is 2.34. The van der Waals surface area contributed by atoms with E-state index < -0.39 is 146 Å². The third-order valence-corrected chi connectivity index (χ3v) is 5.94. The highest BCUT2D eigenvalue weighted by atomic mass is 19.1. The van der Waals surface area contributed by atoms with Gasteiger partial charge in [0, 0.05) is 6.42 Å². The average molecular weight is 721 g/mol. The molecule has 0 unspecified atom stereocenters. The quantitative estimate of drug-likeness (QED) is 0.0531. The van der Waals surface area contributed by atoms with Crippen molar-refractivity contribution < 1.29 is 82.6 Å². The minimum Gasteiger partial charge on any atom is -0.481 e. The Hall–Kier alpha value is -6.69. The zero-order valence-electron chi connectivity index (χ0n) is 25.2. The molecule has 1 rings (SSSR count). The molecule has 0 aromatic carbocycles. The third-order valence-electron chi connectivity index (χ3n) is 5.94. The Morgan fingerprint density at radius 2 is 1.06 bits per heavy atom. The van der Waals surface area contributed by atoms with Crippen molar-refractivity contribution in [2.45, 2.75) is 69.4 Å². The highest BCUT2D eigenvalue weighted by molar-refractivity contribution is 5.98. The summed E-state index contributed by atoms with van der Waals surface area (Å²) in [7, 11) is 0. The van der Waals surface area contributed by atoms with Crippen molar-refractivity contribution >= 4 is 59.4 Å². The second-order valence-corrected chi connectivity index (χ2v) is 9.88. The molecule has 24 nitrogen and oxygen atoms in total. The molecule has 10 N–H and O–H groups in total. The first-order valence-corrected chi connectivity index (χ1v) is 13.6. The van der Waals surface area contributed by atoms with Gasteiger partial charge in [-0.1, -0.05) is 0 Å². The van der Waals surface area contributed by atoms with Gasteiger partial charge in [-0.2, -0.15) is 4.39 Å². The lowest BCUT2D eigenvalue weighted by atomic mass is 10.1. The molecule has 4 atom stereocenters. The smallest absolute Gasteiger partial charge is 0.331 e. The normalized spacial score (nSPS) is 12.9. The van der Waals surface area contributed by atoms with Crippen molar-refractivity contribution in [1.82, 2.24) is 30.8 Å². The lowest BCUT2D eigenvalue weighted by Crippen LogP contribution is -2.58. The zero-order chi connectivity index (χ0) is 38.3. The van der Waals surface area contributed by atoms with Gasteiger partial charge in [0.25, 0.3) is 5.56 Å². The SMILES string of the molecule is O=C(O)C[C@H](NC(=O)[C@H](CC(=O)O)NC(=O)[C@H](CC(=O)O)NC(=O)[C@H](CC(=O)O)NC(=O)CCC(=O)OCn1cc(F)c(=O)[nH]c1=O)C(=O)O. The molecule has 1 aromatic heterocycles. The fraction of sp³-hybridized carbons (Fsp3) is 0.440. The number of halogens is 1. The van der Waals surface area contributed by atoms with E-state index in [9.17, 15) is 72.1 Å². The summed E-state index contributed by atoms with van der Waals surface area (Å²) in [5, 5.41) is 52.7. The molecule has 4 amide bonds. The summed E-state index contributed by atoms with van der Waals surface area (Å²) >= 11 is 0. The van der Waals surface area contributed by atoms with Gasteiger partial charge in [-0.15, -0.1) is 0 Å². The van der Waals surface area contributed by atoms with E-state index in [1.807, 2.05) is 10.6 Å². The van der Waals surface area contributed by atoms with Crippen LogP contribution in [0.3, 0.4) is 0 Å². The molecule has 0 aliphatic rings. The second-order valence-electron chi connectivity index (χ2n) is 9.88. The maximum atomic E-state index is 13.3. The largest absolute Gasteiger partial charge is 0.481 e. The number of aromatic amines is 1. The number of aromatic nitrogens is 2. The maximum Gasteiger partial charge on any atom is 0.331 e. The zero-order valence-corrected chi connectivity index (χ0v) is 25.2. The molecular formula is C25H29FN6O18. The number of carboxylic acids is 5. The Balaban J connectivity index is 3.01. The highest BCUT2D eigenvalue weighted by Crippen LogP contribution is 2.04. The number of carbonyl (C=O) groups excluding carboxylic acids is 5. The first kappa shape index (κ1) is 41.3. The molecule has 1 heterocycles. The number of amides is 4. The van der Waals surface area contributed by atoms with E-state index >= 15 is 0 Å². The van der Waals surface area contributed by atoms with Crippen molar-refractivity contribution in [1.29, 1.82) is 0 Å². The van der Waals surface area contributed by atoms with Crippen LogP contribution in [-0.2, 0) is 59.4 Å². The summed E-state index contributed by atoms with van der Waals surface area (Å²) in [5.74, 6) is -17.0. The van der Waals surface area contributed by atoms with E-state index in [-0.39, 0.29) is 0 Å². The molecule has 0 aliphatic heterocycles. The second kappa shape index (κ2) is 19.2. The van der Waals surface area contributed by atoms with E-state index in [2.05, 4.69) is 4.74 Å². The molecule has 0 saturated carbocycles. The van der Waals surface area contributed by atoms with Crippen molar-refractivity contribution in [2.24, 2.45) is 0 Å². The number of carbonyl (C=O) groups is 10. The van der Waals surface area contributed by atoms with Gasteiger partial charge in [-0.25, -0.2) is 9.59 Å². The fourth-order valence-corrected chi connectivity index (χ4v) is 3.62. The van der Waals surface area contributed by atoms with Crippen molar-refractivity contribution in [3.05, 3.63) is 32.9 Å². The van der Waals surface area contributed by atoms with Crippen LogP contribution in [0.25, 0.3) is 0 Å². The monoisotopic (exact) mass is 720 g/mol. The number of nitrogens with one attached hydrogen (secondary N) is 5. The van der Waals surface area contributed by atoms with Crippen molar-refractivity contribution in [2.75, 3.05) is 0 Å². The number of H-pyrrole nitrogens is 1. The summed E-state index contributed by atoms with van der Waals surface area (Å²) in [6, 6.07) is -8.45. The van der Waals surface area contributed by atoms with Crippen LogP contribution in [0.5, 0.6) is 0 Å². The molecule has 50 heavy (non-hydrogen) atoms. The number of aliphatic carboxylic acids is 5. The average Bonchev–Trinajstić information content (AvgIpc) is 2.98. The molecule has 0 spiro atoms. The van der Waals surface area contributed by atoms with E-state index in [1.54, 1.807) is 15.6 Å². The van der Waals surface area contributed by atoms with E-state index in [0.717, 1.165) is 0 Å². The van der Waals surface area contributed by atoms with E-state index in [4.69, 9.17) is 15.3 Å². The van der Waals surface area contributed by atoms with Crippen molar-refractivity contribution in [3.63, 3.8) is 0 Å². The van der Waals surface area contributed by atoms with Crippen molar-refractivity contribution in [3.8, 4) is 0 Å². The third kappa shape index (κ3) is 14.8. The van der Waals surface area contributed by atoms with Crippen LogP contribution in [0.2, 0.25) is 0 Å². The van der Waals surface area contributed by atoms with Gasteiger partial charge in [-0.3, -0.25) is 57.5 Å². The van der Waals surface area contributed by atoms with E-state index in [0.29, 0.717) is 10.8 Å². The lowest BCUT2D eigenvalue weighted by molar-refractivity contribution is -0.149. The Morgan fingerprint density at radius 3 is 1.48 bits per heavy atom. The summed E-state index contributed by atoms with van der Waals surface area (Å²) in [6.45, 7) is -0.887. The number of ether oxygens (including phenoxy) is 1. The van der Waals surface area contributed by atoms with Gasteiger partial charge in [0.2, 0.25) is 29.4 Å². The standard InChI is InChI=1S/C25H29FN6O18/c26-9-7-32(25(49)31-20(9)43)8-50-19(42)2-1-14(33)27-10(3-15(34)35)21(44)28-11(4-16(36)37)22(45)29-12(5-17(38)39)23(46)30-13(24(47)48)6-18(40)41/h7,10-13H,1-6,8H2,(H,27,33)(H,28,44)(H,29,45)(H,30,46)(H,34,35)(H,36,37)(H,38,39)(H,40,41)(H,47,48)(H,31,43,49)/t10-,11-,12-,13-/m0/s1. The summed E-state index contributed by atoms with van der Waals surface area (Å²) < 4.78 is 18.5. The minimum absolute atomic E-state index is 0.437. The van der Waals surface area contributed by atoms with Crippen LogP contribution < -0.4 is 32.5 Å². The Kier molecular flexibility index (Phi) is 15.9. The van der Waals surface area contributed by atoms with Crippen LogP contribution in [0.1, 0.15) is 38.5 Å². The van der Waals surface area contributed by atoms with Gasteiger partial charge >= 0.3 is 41.5 Å². The molecule has 0 fully saturated rings. The first-order valence-electron chi connectivity index (χ1n) is 13.6. The van der Waals surface area contributed by atoms with Crippen LogP contribution in [0.4, 0.5) is 4.39 Å².